The molecule has 3 aromatic rings. The van der Waals surface area contributed by atoms with Gasteiger partial charge in [-0.2, -0.15) is 0 Å². The van der Waals surface area contributed by atoms with Gasteiger partial charge in [0.2, 0.25) is 0 Å². The van der Waals surface area contributed by atoms with Crippen molar-refractivity contribution >= 4 is 40.5 Å². The highest BCUT2D eigenvalue weighted by atomic mass is 32.1. The van der Waals surface area contributed by atoms with Gasteiger partial charge in [-0.3, -0.25) is 14.9 Å². The number of hydrogen-bond acceptors (Lipinski definition) is 4. The van der Waals surface area contributed by atoms with Crippen molar-refractivity contribution in [3.8, 4) is 5.75 Å². The topological polar surface area (TPSA) is 70.7 Å². The molecule has 2 N–H and O–H groups in total. The SMILES string of the molecule is CCC(C)Oc1ccc(C(=O)NC(=S)Nc2ccccc2C(=O)N(CC)c2ccccc2)cc1. The van der Waals surface area contributed by atoms with Crippen molar-refractivity contribution in [3.05, 3.63) is 90.0 Å². The molecule has 3 aromatic carbocycles. The van der Waals surface area contributed by atoms with E-state index in [1.165, 1.54) is 0 Å². The molecule has 7 heteroatoms. The van der Waals surface area contributed by atoms with Crippen molar-refractivity contribution in [1.29, 1.82) is 0 Å². The van der Waals surface area contributed by atoms with E-state index >= 15 is 0 Å². The molecule has 0 fully saturated rings. The molecule has 6 nitrogen and oxygen atoms in total. The highest BCUT2D eigenvalue weighted by Gasteiger charge is 2.20. The van der Waals surface area contributed by atoms with E-state index in [1.807, 2.05) is 51.1 Å². The van der Waals surface area contributed by atoms with Crippen molar-refractivity contribution in [3.63, 3.8) is 0 Å². The second-order valence-corrected chi connectivity index (χ2v) is 8.11. The van der Waals surface area contributed by atoms with Crippen LogP contribution < -0.4 is 20.3 Å². The van der Waals surface area contributed by atoms with E-state index in [-0.39, 0.29) is 23.0 Å². The summed E-state index contributed by atoms with van der Waals surface area (Å²) in [5, 5.41) is 5.77. The van der Waals surface area contributed by atoms with Crippen molar-refractivity contribution in [2.45, 2.75) is 33.3 Å². The number of para-hydroxylation sites is 2. The van der Waals surface area contributed by atoms with Gasteiger partial charge in [0, 0.05) is 17.8 Å². The Labute approximate surface area is 205 Å². The molecule has 0 heterocycles. The van der Waals surface area contributed by atoms with Crippen LogP contribution in [0.2, 0.25) is 0 Å². The van der Waals surface area contributed by atoms with Gasteiger partial charge in [0.1, 0.15) is 5.75 Å². The molecule has 0 radical (unpaired) electrons. The molecule has 0 bridgehead atoms. The number of carbonyl (C=O) groups excluding carboxylic acids is 2. The van der Waals surface area contributed by atoms with Gasteiger partial charge >= 0.3 is 0 Å². The van der Waals surface area contributed by atoms with E-state index in [9.17, 15) is 9.59 Å². The molecule has 0 saturated carbocycles. The number of carbonyl (C=O) groups is 2. The number of rotatable bonds is 8. The number of nitrogens with zero attached hydrogens (tertiary/aromatic N) is 1. The van der Waals surface area contributed by atoms with Gasteiger partial charge in [-0.05, 0) is 81.0 Å². The minimum absolute atomic E-state index is 0.102. The van der Waals surface area contributed by atoms with Gasteiger partial charge in [0.05, 0.1) is 17.4 Å². The monoisotopic (exact) mass is 475 g/mol. The minimum Gasteiger partial charge on any atom is -0.491 e. The second kappa shape index (κ2) is 12.0. The Bertz CT molecular complexity index is 1130. The molecule has 0 aliphatic rings. The smallest absolute Gasteiger partial charge is 0.260 e. The van der Waals surface area contributed by atoms with Crippen molar-refractivity contribution in [2.24, 2.45) is 0 Å². The molecule has 0 aliphatic heterocycles. The van der Waals surface area contributed by atoms with Crippen LogP contribution in [0.5, 0.6) is 5.75 Å². The number of amides is 2. The Morgan fingerprint density at radius 2 is 1.59 bits per heavy atom. The van der Waals surface area contributed by atoms with Crippen molar-refractivity contribution < 1.29 is 14.3 Å². The van der Waals surface area contributed by atoms with Crippen molar-refractivity contribution in [2.75, 3.05) is 16.8 Å². The number of anilines is 2. The highest BCUT2D eigenvalue weighted by Crippen LogP contribution is 2.22. The van der Waals surface area contributed by atoms with Gasteiger partial charge in [-0.25, -0.2) is 0 Å². The fraction of sp³-hybridized carbons (Fsp3) is 0.222. The summed E-state index contributed by atoms with van der Waals surface area (Å²) in [6, 6.07) is 23.4. The van der Waals surface area contributed by atoms with Crippen LogP contribution in [0, 0.1) is 0 Å². The first-order chi connectivity index (χ1) is 16.4. The Morgan fingerprint density at radius 1 is 0.941 bits per heavy atom. The summed E-state index contributed by atoms with van der Waals surface area (Å²) >= 11 is 5.35. The largest absolute Gasteiger partial charge is 0.491 e. The summed E-state index contributed by atoms with van der Waals surface area (Å²) in [7, 11) is 0. The molecule has 0 saturated heterocycles. The third-order valence-corrected chi connectivity index (χ3v) is 5.49. The van der Waals surface area contributed by atoms with Crippen LogP contribution >= 0.6 is 12.2 Å². The van der Waals surface area contributed by atoms with E-state index in [0.29, 0.717) is 29.1 Å². The van der Waals surface area contributed by atoms with Gasteiger partial charge in [0.15, 0.2) is 5.11 Å². The fourth-order valence-electron chi connectivity index (χ4n) is 3.30. The van der Waals surface area contributed by atoms with Crippen LogP contribution in [0.1, 0.15) is 47.9 Å². The molecular weight excluding hydrogens is 446 g/mol. The first-order valence-corrected chi connectivity index (χ1v) is 11.7. The molecule has 0 spiro atoms. The highest BCUT2D eigenvalue weighted by molar-refractivity contribution is 7.80. The van der Waals surface area contributed by atoms with E-state index in [1.54, 1.807) is 53.4 Å². The van der Waals surface area contributed by atoms with E-state index in [2.05, 4.69) is 10.6 Å². The molecular formula is C27H29N3O3S. The number of benzene rings is 3. The summed E-state index contributed by atoms with van der Waals surface area (Å²) in [6.07, 6.45) is 0.998. The Kier molecular flexibility index (Phi) is 8.76. The summed E-state index contributed by atoms with van der Waals surface area (Å²) in [5.74, 6) is 0.191. The Balaban J connectivity index is 1.69. The normalized spacial score (nSPS) is 11.3. The molecule has 3 rings (SSSR count). The Morgan fingerprint density at radius 3 is 2.24 bits per heavy atom. The lowest BCUT2D eigenvalue weighted by Crippen LogP contribution is -2.35. The van der Waals surface area contributed by atoms with E-state index in [4.69, 9.17) is 17.0 Å². The maximum atomic E-state index is 13.3. The van der Waals surface area contributed by atoms with Crippen LogP contribution in [0.15, 0.2) is 78.9 Å². The molecule has 0 aromatic heterocycles. The van der Waals surface area contributed by atoms with Gasteiger partial charge in [-0.1, -0.05) is 37.3 Å². The summed E-state index contributed by atoms with van der Waals surface area (Å²) in [5.41, 5.74) is 2.23. The first-order valence-electron chi connectivity index (χ1n) is 11.3. The zero-order valence-electron chi connectivity index (χ0n) is 19.6. The average Bonchev–Trinajstić information content (AvgIpc) is 2.85. The summed E-state index contributed by atoms with van der Waals surface area (Å²) in [4.78, 5) is 27.6. The third kappa shape index (κ3) is 6.42. The average molecular weight is 476 g/mol. The lowest BCUT2D eigenvalue weighted by molar-refractivity contribution is 0.0974. The molecule has 0 aliphatic carbocycles. The minimum atomic E-state index is -0.351. The van der Waals surface area contributed by atoms with E-state index in [0.717, 1.165) is 12.1 Å². The third-order valence-electron chi connectivity index (χ3n) is 5.29. The van der Waals surface area contributed by atoms with Crippen LogP contribution in [0.3, 0.4) is 0 Å². The standard InChI is InChI=1S/C27H29N3O3S/c1-4-19(3)33-22-17-15-20(16-18-22)25(31)29-27(34)28-24-14-10-9-13-23(24)26(32)30(5-2)21-11-7-6-8-12-21/h6-19H,4-5H2,1-3H3,(H2,28,29,31,34). The fourth-order valence-corrected chi connectivity index (χ4v) is 3.51. The second-order valence-electron chi connectivity index (χ2n) is 7.70. The quantitative estimate of drug-likeness (QED) is 0.412. The lowest BCUT2D eigenvalue weighted by atomic mass is 10.1. The molecule has 34 heavy (non-hydrogen) atoms. The summed E-state index contributed by atoms with van der Waals surface area (Å²) < 4.78 is 5.75. The number of thiocarbonyl (C=S) groups is 1. The summed E-state index contributed by atoms with van der Waals surface area (Å²) in [6.45, 7) is 6.47. The number of ether oxygens (including phenoxy) is 1. The molecule has 2 amide bonds. The van der Waals surface area contributed by atoms with Gasteiger partial charge in [-0.15, -0.1) is 0 Å². The van der Waals surface area contributed by atoms with Gasteiger partial charge < -0.3 is 15.0 Å². The maximum Gasteiger partial charge on any atom is 0.260 e. The predicted molar refractivity (Wildman–Crippen MR) is 141 cm³/mol. The zero-order chi connectivity index (χ0) is 24.5. The van der Waals surface area contributed by atoms with E-state index < -0.39 is 0 Å². The van der Waals surface area contributed by atoms with Crippen LogP contribution in [0.4, 0.5) is 11.4 Å². The molecule has 1 unspecified atom stereocenters. The Hall–Kier alpha value is -3.71. The van der Waals surface area contributed by atoms with Crippen LogP contribution in [0.25, 0.3) is 0 Å². The zero-order valence-corrected chi connectivity index (χ0v) is 20.4. The molecule has 176 valence electrons. The lowest BCUT2D eigenvalue weighted by Gasteiger charge is -2.23. The molecule has 1 atom stereocenters. The first kappa shape index (κ1) is 24.9. The van der Waals surface area contributed by atoms with Gasteiger partial charge in [0.25, 0.3) is 11.8 Å². The predicted octanol–water partition coefficient (Wildman–Crippen LogP) is 5.66. The number of nitrogens with one attached hydrogen (secondary N) is 2. The van der Waals surface area contributed by atoms with Crippen LogP contribution in [-0.4, -0.2) is 29.6 Å². The maximum absolute atomic E-state index is 13.3. The van der Waals surface area contributed by atoms with Crippen molar-refractivity contribution in [1.82, 2.24) is 5.32 Å². The van der Waals surface area contributed by atoms with Crippen LogP contribution in [-0.2, 0) is 0 Å². The number of hydrogen-bond donors (Lipinski definition) is 2.